The highest BCUT2D eigenvalue weighted by atomic mass is 35.5. The van der Waals surface area contributed by atoms with Crippen LogP contribution in [0.15, 0.2) is 24.3 Å². The predicted octanol–water partition coefficient (Wildman–Crippen LogP) is 3.08. The summed E-state index contributed by atoms with van der Waals surface area (Å²) in [7, 11) is 0. The number of aryl methyl sites for hydroxylation is 1. The van der Waals surface area contributed by atoms with Crippen LogP contribution in [0.1, 0.15) is 59.7 Å². The fourth-order valence-electron chi connectivity index (χ4n) is 3.49. The number of halogens is 1. The number of nitrogens with zero attached hydrogens (tertiary/aromatic N) is 6. The number of fused-ring (bicyclic) bond motifs is 1. The minimum absolute atomic E-state index is 0.0419. The van der Waals surface area contributed by atoms with E-state index in [0.717, 1.165) is 50.3 Å². The Morgan fingerprint density at radius 3 is 2.89 bits per heavy atom. The normalized spacial score (nSPS) is 16.0. The van der Waals surface area contributed by atoms with E-state index in [1.54, 1.807) is 10.7 Å². The summed E-state index contributed by atoms with van der Waals surface area (Å²) in [4.78, 5) is 17.0. The zero-order valence-electron chi connectivity index (χ0n) is 15.2. The molecule has 1 aliphatic carbocycles. The third-order valence-corrected chi connectivity index (χ3v) is 5.43. The van der Waals surface area contributed by atoms with Gasteiger partial charge in [-0.1, -0.05) is 23.7 Å². The van der Waals surface area contributed by atoms with Crippen LogP contribution in [0.2, 0.25) is 5.02 Å². The van der Waals surface area contributed by atoms with Gasteiger partial charge in [0.25, 0.3) is 5.82 Å². The molecule has 0 amide bonds. The number of carbonyl (C=O) groups is 1. The molecule has 2 aliphatic rings. The van der Waals surface area contributed by atoms with Gasteiger partial charge in [-0.05, 0) is 37.8 Å². The quantitative estimate of drug-likeness (QED) is 0.614. The second kappa shape index (κ2) is 7.01. The molecule has 2 aromatic heterocycles. The lowest BCUT2D eigenvalue weighted by Crippen LogP contribution is -2.15. The summed E-state index contributed by atoms with van der Waals surface area (Å²) in [6.45, 7) is 0.922. The fraction of sp³-hybridized carbons (Fsp3) is 0.421. The number of aromatic nitrogens is 6. The molecule has 0 atom stereocenters. The lowest BCUT2D eigenvalue weighted by atomic mass is 10.2. The molecule has 1 saturated carbocycles. The average molecular weight is 399 g/mol. The third-order valence-electron chi connectivity index (χ3n) is 5.11. The summed E-state index contributed by atoms with van der Waals surface area (Å²) >= 11 is 6.32. The zero-order valence-corrected chi connectivity index (χ0v) is 16.0. The van der Waals surface area contributed by atoms with E-state index in [2.05, 4.69) is 20.3 Å². The molecule has 3 aromatic rings. The molecule has 0 spiro atoms. The van der Waals surface area contributed by atoms with Gasteiger partial charge in [0.1, 0.15) is 11.6 Å². The summed E-state index contributed by atoms with van der Waals surface area (Å²) in [6, 6.07) is 7.39. The number of para-hydroxylation sites is 1. The minimum atomic E-state index is -0.569. The second-order valence-corrected chi connectivity index (χ2v) is 7.56. The zero-order chi connectivity index (χ0) is 19.1. The maximum absolute atomic E-state index is 12.6. The Hall–Kier alpha value is -2.74. The largest absolute Gasteiger partial charge is 0.452 e. The fourth-order valence-corrected chi connectivity index (χ4v) is 3.70. The lowest BCUT2D eigenvalue weighted by Gasteiger charge is -2.14. The monoisotopic (exact) mass is 398 g/mol. The van der Waals surface area contributed by atoms with Crippen molar-refractivity contribution in [1.29, 1.82) is 0 Å². The van der Waals surface area contributed by atoms with Gasteiger partial charge < -0.3 is 9.30 Å². The van der Waals surface area contributed by atoms with Crippen molar-refractivity contribution in [2.45, 2.75) is 51.2 Å². The van der Waals surface area contributed by atoms with E-state index in [9.17, 15) is 4.79 Å². The molecule has 3 heterocycles. The predicted molar refractivity (Wildman–Crippen MR) is 100 cm³/mol. The first kappa shape index (κ1) is 17.4. The highest BCUT2D eigenvalue weighted by Crippen LogP contribution is 2.40. The maximum atomic E-state index is 12.6. The topological polar surface area (TPSA) is 87.7 Å². The Labute approximate surface area is 166 Å². The van der Waals surface area contributed by atoms with Crippen LogP contribution in [0.3, 0.4) is 0 Å². The van der Waals surface area contributed by atoms with Crippen molar-refractivity contribution in [3.05, 3.63) is 52.6 Å². The van der Waals surface area contributed by atoms with E-state index >= 15 is 0 Å². The molecular weight excluding hydrogens is 380 g/mol. The molecule has 0 radical (unpaired) electrons. The lowest BCUT2D eigenvalue weighted by molar-refractivity contribution is 0.0442. The van der Waals surface area contributed by atoms with E-state index in [1.165, 1.54) is 0 Å². The summed E-state index contributed by atoms with van der Waals surface area (Å²) in [5.41, 5.74) is 0.712. The van der Waals surface area contributed by atoms with E-state index in [0.29, 0.717) is 22.5 Å². The number of ether oxygens (including phenoxy) is 1. The number of hydrogen-bond donors (Lipinski definition) is 0. The second-order valence-electron chi connectivity index (χ2n) is 7.15. The molecule has 1 aliphatic heterocycles. The van der Waals surface area contributed by atoms with Gasteiger partial charge in [-0.3, -0.25) is 0 Å². The Morgan fingerprint density at radius 2 is 2.07 bits per heavy atom. The smallest absolute Gasteiger partial charge is 0.378 e. The van der Waals surface area contributed by atoms with Gasteiger partial charge in [-0.15, -0.1) is 15.3 Å². The van der Waals surface area contributed by atoms with Gasteiger partial charge in [0, 0.05) is 18.9 Å². The van der Waals surface area contributed by atoms with E-state index in [-0.39, 0.29) is 12.4 Å². The highest BCUT2D eigenvalue weighted by Gasteiger charge is 2.32. The van der Waals surface area contributed by atoms with E-state index in [1.807, 2.05) is 22.8 Å². The van der Waals surface area contributed by atoms with E-state index in [4.69, 9.17) is 16.3 Å². The molecule has 9 heteroatoms. The average Bonchev–Trinajstić information content (AvgIpc) is 3.33. The van der Waals surface area contributed by atoms with Crippen molar-refractivity contribution in [2.75, 3.05) is 0 Å². The van der Waals surface area contributed by atoms with Crippen LogP contribution in [0, 0.1) is 0 Å². The summed E-state index contributed by atoms with van der Waals surface area (Å²) in [6.07, 6.45) is 5.17. The number of rotatable bonds is 5. The van der Waals surface area contributed by atoms with Crippen LogP contribution in [-0.2, 0) is 24.3 Å². The van der Waals surface area contributed by atoms with Crippen molar-refractivity contribution in [1.82, 2.24) is 29.5 Å². The molecule has 0 bridgehead atoms. The highest BCUT2D eigenvalue weighted by molar-refractivity contribution is 6.32. The van der Waals surface area contributed by atoms with Crippen LogP contribution < -0.4 is 0 Å². The maximum Gasteiger partial charge on any atom is 0.378 e. The number of esters is 1. The van der Waals surface area contributed by atoms with Crippen LogP contribution in [0.4, 0.5) is 0 Å². The SMILES string of the molecule is O=C(OCc1nnc2n1CCCC2)c1nc(C2CC2)n(-c2ccccc2Cl)n1. The Bertz CT molecular complexity index is 1040. The van der Waals surface area contributed by atoms with Gasteiger partial charge in [0.15, 0.2) is 12.4 Å². The van der Waals surface area contributed by atoms with Gasteiger partial charge in [-0.25, -0.2) is 14.5 Å². The van der Waals surface area contributed by atoms with Gasteiger partial charge in [-0.2, -0.15) is 0 Å². The summed E-state index contributed by atoms with van der Waals surface area (Å²) in [5.74, 6) is 2.14. The molecule has 0 saturated heterocycles. The van der Waals surface area contributed by atoms with Crippen molar-refractivity contribution >= 4 is 17.6 Å². The van der Waals surface area contributed by atoms with Gasteiger partial charge in [0.05, 0.1) is 10.7 Å². The molecule has 144 valence electrons. The van der Waals surface area contributed by atoms with Gasteiger partial charge >= 0.3 is 5.97 Å². The van der Waals surface area contributed by atoms with Crippen LogP contribution >= 0.6 is 11.6 Å². The molecule has 0 N–H and O–H groups in total. The van der Waals surface area contributed by atoms with Crippen molar-refractivity contribution in [3.8, 4) is 5.69 Å². The van der Waals surface area contributed by atoms with Crippen LogP contribution in [0.5, 0.6) is 0 Å². The Balaban J connectivity index is 1.37. The first-order chi connectivity index (χ1) is 13.7. The molecule has 28 heavy (non-hydrogen) atoms. The Kier molecular flexibility index (Phi) is 4.35. The summed E-state index contributed by atoms with van der Waals surface area (Å²) in [5, 5.41) is 13.3. The number of carbonyl (C=O) groups excluding carboxylic acids is 1. The molecule has 0 unspecified atom stereocenters. The molecular formula is C19H19ClN6O2. The molecule has 1 fully saturated rings. The number of benzene rings is 1. The van der Waals surface area contributed by atoms with Gasteiger partial charge in [0.2, 0.25) is 0 Å². The molecule has 8 nitrogen and oxygen atoms in total. The van der Waals surface area contributed by atoms with Crippen molar-refractivity contribution in [3.63, 3.8) is 0 Å². The standard InChI is InChI=1S/C19H19ClN6O2/c20-13-5-1-2-6-14(13)26-18(12-8-9-12)21-17(24-26)19(27)28-11-16-23-22-15-7-3-4-10-25(15)16/h1-2,5-6,12H,3-4,7-11H2. The van der Waals surface area contributed by atoms with Crippen molar-refractivity contribution < 1.29 is 9.53 Å². The minimum Gasteiger partial charge on any atom is -0.452 e. The first-order valence-electron chi connectivity index (χ1n) is 9.50. The third kappa shape index (κ3) is 3.17. The summed E-state index contributed by atoms with van der Waals surface area (Å²) < 4.78 is 9.13. The Morgan fingerprint density at radius 1 is 1.21 bits per heavy atom. The first-order valence-corrected chi connectivity index (χ1v) is 9.88. The number of hydrogen-bond acceptors (Lipinski definition) is 6. The van der Waals surface area contributed by atoms with Crippen molar-refractivity contribution in [2.24, 2.45) is 0 Å². The molecule has 5 rings (SSSR count). The van der Waals surface area contributed by atoms with Crippen LogP contribution in [0.25, 0.3) is 5.69 Å². The van der Waals surface area contributed by atoms with Crippen LogP contribution in [-0.4, -0.2) is 35.5 Å². The molecule has 1 aromatic carbocycles. The van der Waals surface area contributed by atoms with E-state index < -0.39 is 5.97 Å².